The van der Waals surface area contributed by atoms with Crippen LogP contribution in [0, 0.1) is 13.8 Å². The molecule has 1 heterocycles. The van der Waals surface area contributed by atoms with Gasteiger partial charge in [0.25, 0.3) is 5.56 Å². The van der Waals surface area contributed by atoms with Gasteiger partial charge < -0.3 is 9.84 Å². The van der Waals surface area contributed by atoms with Gasteiger partial charge in [0.1, 0.15) is 18.5 Å². The summed E-state index contributed by atoms with van der Waals surface area (Å²) in [5, 5.41) is 16.8. The van der Waals surface area contributed by atoms with Crippen LogP contribution in [-0.4, -0.2) is 27.6 Å². The van der Waals surface area contributed by atoms with Gasteiger partial charge >= 0.3 is 0 Å². The van der Waals surface area contributed by atoms with Crippen LogP contribution in [0.3, 0.4) is 0 Å². The fourth-order valence-corrected chi connectivity index (χ4v) is 4.08. The molecule has 0 fully saturated rings. The van der Waals surface area contributed by atoms with Crippen LogP contribution in [0.25, 0.3) is 22.0 Å². The first kappa shape index (κ1) is 22.7. The highest BCUT2D eigenvalue weighted by Gasteiger charge is 2.17. The number of nitrogens with zero attached hydrogens (tertiary/aromatic N) is 2. The predicted molar refractivity (Wildman–Crippen MR) is 133 cm³/mol. The van der Waals surface area contributed by atoms with E-state index in [-0.39, 0.29) is 18.7 Å². The molecule has 0 amide bonds. The topological polar surface area (TPSA) is 64.3 Å². The van der Waals surface area contributed by atoms with E-state index in [1.165, 1.54) is 4.68 Å². The van der Waals surface area contributed by atoms with E-state index in [0.717, 1.165) is 39.1 Å². The van der Waals surface area contributed by atoms with Crippen molar-refractivity contribution in [3.05, 3.63) is 93.8 Å². The highest BCUT2D eigenvalue weighted by molar-refractivity contribution is 5.94. The summed E-state index contributed by atoms with van der Waals surface area (Å²) in [4.78, 5) is 13.2. The Kier molecular flexibility index (Phi) is 6.61. The van der Waals surface area contributed by atoms with Gasteiger partial charge in [0.05, 0.1) is 17.6 Å². The molecule has 4 rings (SSSR count). The predicted octanol–water partition coefficient (Wildman–Crippen LogP) is 5.24. The van der Waals surface area contributed by atoms with Gasteiger partial charge in [-0.25, -0.2) is 4.68 Å². The molecule has 33 heavy (non-hydrogen) atoms. The van der Waals surface area contributed by atoms with Crippen LogP contribution in [0.2, 0.25) is 0 Å². The Morgan fingerprint density at radius 2 is 1.67 bits per heavy atom. The third-order valence-corrected chi connectivity index (χ3v) is 5.87. The molecule has 1 N–H and O–H groups in total. The monoisotopic (exact) mass is 442 g/mol. The number of benzene rings is 3. The first-order valence-electron chi connectivity index (χ1n) is 11.3. The smallest absolute Gasteiger partial charge is 0.274 e. The zero-order chi connectivity index (χ0) is 23.5. The fraction of sp³-hybridized carbons (Fsp3) is 0.286. The number of para-hydroxylation sites is 1. The summed E-state index contributed by atoms with van der Waals surface area (Å²) in [5.41, 5.74) is 4.79. The van der Waals surface area contributed by atoms with Crippen molar-refractivity contribution >= 4 is 10.8 Å². The third-order valence-electron chi connectivity index (χ3n) is 5.87. The number of ether oxygens (including phenoxy) is 1. The number of fused-ring (bicyclic) bond motifs is 1. The Hall–Kier alpha value is -3.44. The number of aliphatic hydroxyl groups excluding tert-OH is 1. The molecule has 1 atom stereocenters. The molecule has 170 valence electrons. The van der Waals surface area contributed by atoms with Crippen molar-refractivity contribution in [1.82, 2.24) is 9.78 Å². The van der Waals surface area contributed by atoms with Crippen LogP contribution >= 0.6 is 0 Å². The lowest BCUT2D eigenvalue weighted by Crippen LogP contribution is -2.32. The van der Waals surface area contributed by atoms with E-state index >= 15 is 0 Å². The van der Waals surface area contributed by atoms with Crippen LogP contribution in [0.5, 0.6) is 5.75 Å². The van der Waals surface area contributed by atoms with E-state index in [9.17, 15) is 9.90 Å². The first-order valence-corrected chi connectivity index (χ1v) is 11.3. The molecule has 1 aromatic heterocycles. The number of aryl methyl sites for hydroxylation is 2. The largest absolute Gasteiger partial charge is 0.491 e. The molecular formula is C28H30N2O3. The third kappa shape index (κ3) is 4.83. The Balaban J connectivity index is 1.67. The molecule has 0 aliphatic heterocycles. The zero-order valence-corrected chi connectivity index (χ0v) is 19.6. The normalized spacial score (nSPS) is 12.3. The summed E-state index contributed by atoms with van der Waals surface area (Å²) < 4.78 is 7.28. The fourth-order valence-electron chi connectivity index (χ4n) is 4.08. The first-order chi connectivity index (χ1) is 15.8. The Morgan fingerprint density at radius 1 is 0.970 bits per heavy atom. The highest BCUT2D eigenvalue weighted by atomic mass is 16.5. The van der Waals surface area contributed by atoms with Gasteiger partial charge in [-0.1, -0.05) is 67.9 Å². The molecule has 0 bridgehead atoms. The maximum absolute atomic E-state index is 13.2. The summed E-state index contributed by atoms with van der Waals surface area (Å²) >= 11 is 0. The lowest BCUT2D eigenvalue weighted by molar-refractivity contribution is 0.0876. The van der Waals surface area contributed by atoms with Gasteiger partial charge in [-0.15, -0.1) is 0 Å². The lowest BCUT2D eigenvalue weighted by Gasteiger charge is -2.18. The zero-order valence-electron chi connectivity index (χ0n) is 19.6. The number of aromatic nitrogens is 2. The maximum atomic E-state index is 13.2. The van der Waals surface area contributed by atoms with E-state index in [1.54, 1.807) is 0 Å². The molecule has 4 aromatic rings. The summed E-state index contributed by atoms with van der Waals surface area (Å²) in [6.45, 7) is 8.40. The summed E-state index contributed by atoms with van der Waals surface area (Å²) in [6, 6.07) is 21.5. The van der Waals surface area contributed by atoms with Crippen LogP contribution in [0.15, 0.2) is 71.5 Å². The molecule has 0 aliphatic carbocycles. The van der Waals surface area contributed by atoms with Crippen molar-refractivity contribution in [3.8, 4) is 17.0 Å². The number of rotatable bonds is 7. The van der Waals surface area contributed by atoms with Gasteiger partial charge in [-0.05, 0) is 49.1 Å². The van der Waals surface area contributed by atoms with Crippen LogP contribution in [-0.2, 0) is 6.54 Å². The summed E-state index contributed by atoms with van der Waals surface area (Å²) in [5.74, 6) is 1.06. The molecule has 0 saturated carbocycles. The molecule has 3 aromatic carbocycles. The van der Waals surface area contributed by atoms with Crippen molar-refractivity contribution in [3.63, 3.8) is 0 Å². The molecular weight excluding hydrogens is 412 g/mol. The lowest BCUT2D eigenvalue weighted by atomic mass is 9.99. The molecule has 0 radical (unpaired) electrons. The van der Waals surface area contributed by atoms with Gasteiger partial charge in [0.2, 0.25) is 0 Å². The van der Waals surface area contributed by atoms with Crippen LogP contribution < -0.4 is 10.3 Å². The van der Waals surface area contributed by atoms with E-state index in [0.29, 0.717) is 11.3 Å². The van der Waals surface area contributed by atoms with Gasteiger partial charge in [-0.2, -0.15) is 5.10 Å². The Labute approximate surface area is 194 Å². The second-order valence-corrected chi connectivity index (χ2v) is 8.86. The Morgan fingerprint density at radius 3 is 2.42 bits per heavy atom. The van der Waals surface area contributed by atoms with E-state index in [2.05, 4.69) is 32.0 Å². The standard InChI is InChI=1S/C28H30N2O3/c1-18(2)22-9-7-8-12-26(22)33-17-21(31)16-30-28(32)24-11-6-5-10-23(24)27(29-30)25-15-19(3)13-14-20(25)4/h5-15,18,21,31H,16-17H2,1-4H3. The minimum absolute atomic E-state index is 0.0470. The number of hydrogen-bond donors (Lipinski definition) is 1. The molecule has 5 heteroatoms. The SMILES string of the molecule is Cc1ccc(C)c(-c2nn(CC(O)COc3ccccc3C(C)C)c(=O)c3ccccc23)c1. The number of hydrogen-bond acceptors (Lipinski definition) is 4. The van der Waals surface area contributed by atoms with E-state index in [4.69, 9.17) is 9.84 Å². The number of aliphatic hydroxyl groups is 1. The van der Waals surface area contributed by atoms with E-state index in [1.807, 2.05) is 62.4 Å². The van der Waals surface area contributed by atoms with Crippen molar-refractivity contribution < 1.29 is 9.84 Å². The second kappa shape index (κ2) is 9.59. The second-order valence-electron chi connectivity index (χ2n) is 8.86. The molecule has 1 unspecified atom stereocenters. The molecule has 0 saturated heterocycles. The van der Waals surface area contributed by atoms with Gasteiger partial charge in [0, 0.05) is 10.9 Å². The molecule has 5 nitrogen and oxygen atoms in total. The maximum Gasteiger partial charge on any atom is 0.274 e. The van der Waals surface area contributed by atoms with Crippen molar-refractivity contribution in [1.29, 1.82) is 0 Å². The quantitative estimate of drug-likeness (QED) is 0.425. The van der Waals surface area contributed by atoms with Gasteiger partial charge in [-0.3, -0.25) is 4.79 Å². The van der Waals surface area contributed by atoms with E-state index < -0.39 is 6.10 Å². The minimum atomic E-state index is -0.886. The molecule has 0 aliphatic rings. The van der Waals surface area contributed by atoms with Gasteiger partial charge in [0.15, 0.2) is 0 Å². The Bertz CT molecular complexity index is 1340. The molecule has 0 spiro atoms. The van der Waals surface area contributed by atoms with Crippen molar-refractivity contribution in [2.75, 3.05) is 6.61 Å². The van der Waals surface area contributed by atoms with Crippen LogP contribution in [0.4, 0.5) is 0 Å². The average molecular weight is 443 g/mol. The minimum Gasteiger partial charge on any atom is -0.491 e. The summed E-state index contributed by atoms with van der Waals surface area (Å²) in [7, 11) is 0. The average Bonchev–Trinajstić information content (AvgIpc) is 2.81. The highest BCUT2D eigenvalue weighted by Crippen LogP contribution is 2.29. The van der Waals surface area contributed by atoms with Crippen molar-refractivity contribution in [2.24, 2.45) is 0 Å². The van der Waals surface area contributed by atoms with Crippen LogP contribution in [0.1, 0.15) is 36.5 Å². The van der Waals surface area contributed by atoms with Crippen molar-refractivity contribution in [2.45, 2.75) is 46.3 Å². The summed E-state index contributed by atoms with van der Waals surface area (Å²) in [6.07, 6.45) is -0.886.